The number of hydrogen-bond donors (Lipinski definition) is 2. The van der Waals surface area contributed by atoms with E-state index in [0.29, 0.717) is 17.9 Å². The van der Waals surface area contributed by atoms with E-state index in [1.54, 1.807) is 14.0 Å². The van der Waals surface area contributed by atoms with E-state index in [2.05, 4.69) is 5.10 Å². The smallest absolute Gasteiger partial charge is 0.271 e. The Morgan fingerprint density at radius 3 is 2.47 bits per heavy atom. The van der Waals surface area contributed by atoms with Gasteiger partial charge in [-0.25, -0.2) is 4.68 Å². The molecule has 0 radical (unpaired) electrons. The van der Waals surface area contributed by atoms with Crippen molar-refractivity contribution in [2.45, 2.75) is 13.5 Å². The van der Waals surface area contributed by atoms with Crippen LogP contribution in [-0.4, -0.2) is 16.9 Å². The number of nitrogen functional groups attached to an aromatic ring is 1. The molecule has 2 aromatic rings. The highest BCUT2D eigenvalue weighted by Crippen LogP contribution is 2.12. The fourth-order valence-electron chi connectivity index (χ4n) is 1.62. The summed E-state index contributed by atoms with van der Waals surface area (Å²) < 4.78 is 6.56. The van der Waals surface area contributed by atoms with Gasteiger partial charge in [0.2, 0.25) is 0 Å². The Kier molecular flexibility index (Phi) is 2.91. The lowest BCUT2D eigenvalue weighted by Gasteiger charge is -2.03. The number of nitrogens with two attached hydrogens (primary N) is 1. The fraction of sp³-hybridized carbons (Fsp3) is 0.250. The highest BCUT2D eigenvalue weighted by Gasteiger charge is 2.07. The Bertz CT molecular complexity index is 566. The highest BCUT2D eigenvalue weighted by molar-refractivity contribution is 5.36. The lowest BCUT2D eigenvalue weighted by molar-refractivity contribution is 0.414. The second-order valence-electron chi connectivity index (χ2n) is 3.89. The molecule has 5 heteroatoms. The molecule has 0 aliphatic rings. The molecule has 1 aromatic carbocycles. The molecule has 1 heterocycles. The van der Waals surface area contributed by atoms with Crippen LogP contribution in [0.5, 0.6) is 5.75 Å². The first-order valence-corrected chi connectivity index (χ1v) is 5.29. The number of aromatic amines is 1. The van der Waals surface area contributed by atoms with Crippen molar-refractivity contribution in [3.63, 3.8) is 0 Å². The summed E-state index contributed by atoms with van der Waals surface area (Å²) in [4.78, 5) is 11.7. The molecule has 0 amide bonds. The van der Waals surface area contributed by atoms with Crippen molar-refractivity contribution in [1.29, 1.82) is 0 Å². The van der Waals surface area contributed by atoms with Gasteiger partial charge in [0.25, 0.3) is 5.56 Å². The van der Waals surface area contributed by atoms with E-state index in [1.807, 2.05) is 24.3 Å². The van der Waals surface area contributed by atoms with E-state index in [4.69, 9.17) is 10.5 Å². The number of methoxy groups -OCH3 is 1. The fourth-order valence-corrected chi connectivity index (χ4v) is 1.62. The van der Waals surface area contributed by atoms with Gasteiger partial charge >= 0.3 is 0 Å². The molecule has 90 valence electrons. The van der Waals surface area contributed by atoms with Gasteiger partial charge < -0.3 is 10.5 Å². The second kappa shape index (κ2) is 4.37. The molecule has 0 atom stereocenters. The predicted octanol–water partition coefficient (Wildman–Crippen LogP) is 1.12. The summed E-state index contributed by atoms with van der Waals surface area (Å²) in [5.74, 6) is 1.21. The summed E-state index contributed by atoms with van der Waals surface area (Å²) in [6.45, 7) is 2.18. The first kappa shape index (κ1) is 11.3. The number of aromatic nitrogens is 2. The number of rotatable bonds is 3. The number of hydrogen-bond acceptors (Lipinski definition) is 3. The molecular weight excluding hydrogens is 218 g/mol. The predicted molar refractivity (Wildman–Crippen MR) is 66.3 cm³/mol. The van der Waals surface area contributed by atoms with Crippen molar-refractivity contribution >= 4 is 5.82 Å². The van der Waals surface area contributed by atoms with Gasteiger partial charge in [0.1, 0.15) is 11.6 Å². The van der Waals surface area contributed by atoms with Gasteiger partial charge in [0.15, 0.2) is 0 Å². The molecule has 0 bridgehead atoms. The number of nitrogens with zero attached hydrogens (tertiary/aromatic N) is 1. The van der Waals surface area contributed by atoms with Gasteiger partial charge in [-0.1, -0.05) is 12.1 Å². The Morgan fingerprint density at radius 1 is 1.35 bits per heavy atom. The third-order valence-corrected chi connectivity index (χ3v) is 2.73. The summed E-state index contributed by atoms with van der Waals surface area (Å²) in [6, 6.07) is 7.55. The molecular formula is C12H15N3O2. The SMILES string of the molecule is COc1ccc(Cn2[nH]c(N)c(C)c2=O)cc1. The second-order valence-corrected chi connectivity index (χ2v) is 3.89. The van der Waals surface area contributed by atoms with Crippen LogP contribution in [0.3, 0.4) is 0 Å². The maximum absolute atomic E-state index is 11.7. The minimum Gasteiger partial charge on any atom is -0.497 e. The first-order chi connectivity index (χ1) is 8.11. The van der Waals surface area contributed by atoms with Crippen LogP contribution < -0.4 is 16.0 Å². The van der Waals surface area contributed by atoms with Crippen molar-refractivity contribution in [3.8, 4) is 5.75 Å². The minimum atomic E-state index is -0.0849. The zero-order valence-corrected chi connectivity index (χ0v) is 9.86. The third-order valence-electron chi connectivity index (χ3n) is 2.73. The third kappa shape index (κ3) is 2.18. The van der Waals surface area contributed by atoms with Crippen molar-refractivity contribution in [2.75, 3.05) is 12.8 Å². The van der Waals surface area contributed by atoms with E-state index < -0.39 is 0 Å². The van der Waals surface area contributed by atoms with Crippen LogP contribution in [0.2, 0.25) is 0 Å². The van der Waals surface area contributed by atoms with Crippen LogP contribution in [0.15, 0.2) is 29.1 Å². The summed E-state index contributed by atoms with van der Waals surface area (Å²) in [7, 11) is 1.62. The van der Waals surface area contributed by atoms with Crippen LogP contribution in [0, 0.1) is 6.92 Å². The zero-order chi connectivity index (χ0) is 12.4. The molecule has 3 N–H and O–H groups in total. The van der Waals surface area contributed by atoms with E-state index in [9.17, 15) is 4.79 Å². The summed E-state index contributed by atoms with van der Waals surface area (Å²) >= 11 is 0. The maximum atomic E-state index is 11.7. The maximum Gasteiger partial charge on any atom is 0.271 e. The molecule has 0 unspecified atom stereocenters. The highest BCUT2D eigenvalue weighted by atomic mass is 16.5. The van der Waals surface area contributed by atoms with E-state index in [1.165, 1.54) is 4.68 Å². The Balaban J connectivity index is 2.25. The monoisotopic (exact) mass is 233 g/mol. The van der Waals surface area contributed by atoms with E-state index in [0.717, 1.165) is 11.3 Å². The van der Waals surface area contributed by atoms with Crippen LogP contribution in [-0.2, 0) is 6.54 Å². The van der Waals surface area contributed by atoms with Crippen LogP contribution in [0.1, 0.15) is 11.1 Å². The number of H-pyrrole nitrogens is 1. The van der Waals surface area contributed by atoms with E-state index >= 15 is 0 Å². The van der Waals surface area contributed by atoms with Gasteiger partial charge in [-0.2, -0.15) is 0 Å². The van der Waals surface area contributed by atoms with Crippen LogP contribution in [0.4, 0.5) is 5.82 Å². The first-order valence-electron chi connectivity index (χ1n) is 5.29. The minimum absolute atomic E-state index is 0.0849. The van der Waals surface area contributed by atoms with Gasteiger partial charge in [-0.15, -0.1) is 0 Å². The summed E-state index contributed by atoms with van der Waals surface area (Å²) in [5, 5.41) is 2.84. The number of ether oxygens (including phenoxy) is 1. The number of benzene rings is 1. The normalized spacial score (nSPS) is 10.5. The average molecular weight is 233 g/mol. The van der Waals surface area contributed by atoms with Crippen molar-refractivity contribution in [1.82, 2.24) is 9.78 Å². The molecule has 5 nitrogen and oxygen atoms in total. The quantitative estimate of drug-likeness (QED) is 0.834. The molecule has 0 aliphatic carbocycles. The Morgan fingerprint density at radius 2 is 2.00 bits per heavy atom. The Labute approximate surface area is 98.8 Å². The van der Waals surface area contributed by atoms with Gasteiger partial charge in [0, 0.05) is 0 Å². The molecule has 0 saturated heterocycles. The van der Waals surface area contributed by atoms with Crippen LogP contribution in [0.25, 0.3) is 0 Å². The van der Waals surface area contributed by atoms with Crippen molar-refractivity contribution < 1.29 is 4.74 Å². The molecule has 0 saturated carbocycles. The molecule has 0 spiro atoms. The van der Waals surface area contributed by atoms with Gasteiger partial charge in [-0.05, 0) is 24.6 Å². The molecule has 17 heavy (non-hydrogen) atoms. The summed E-state index contributed by atoms with van der Waals surface area (Å²) in [5.41, 5.74) is 7.12. The zero-order valence-electron chi connectivity index (χ0n) is 9.86. The average Bonchev–Trinajstić information content (AvgIpc) is 2.58. The van der Waals surface area contributed by atoms with Gasteiger partial charge in [0.05, 0.1) is 19.2 Å². The Hall–Kier alpha value is -2.17. The largest absolute Gasteiger partial charge is 0.497 e. The molecule has 0 fully saturated rings. The number of nitrogens with one attached hydrogen (secondary N) is 1. The lowest BCUT2D eigenvalue weighted by Crippen LogP contribution is -2.18. The topological polar surface area (TPSA) is 73.0 Å². The molecule has 0 aliphatic heterocycles. The van der Waals surface area contributed by atoms with E-state index in [-0.39, 0.29) is 5.56 Å². The van der Waals surface area contributed by atoms with Gasteiger partial charge in [-0.3, -0.25) is 9.89 Å². The molecule has 1 aromatic heterocycles. The summed E-state index contributed by atoms with van der Waals surface area (Å²) in [6.07, 6.45) is 0. The molecule has 2 rings (SSSR count). The van der Waals surface area contributed by atoms with Crippen LogP contribution >= 0.6 is 0 Å². The van der Waals surface area contributed by atoms with Crippen molar-refractivity contribution in [2.24, 2.45) is 0 Å². The lowest BCUT2D eigenvalue weighted by atomic mass is 10.2. The van der Waals surface area contributed by atoms with Crippen molar-refractivity contribution in [3.05, 3.63) is 45.7 Å². The number of anilines is 1. The standard InChI is InChI=1S/C12H15N3O2/c1-8-11(13)14-15(12(8)16)7-9-3-5-10(17-2)6-4-9/h3-6,14H,7,13H2,1-2H3.